The van der Waals surface area contributed by atoms with Gasteiger partial charge in [0.2, 0.25) is 15.9 Å². The number of benzene rings is 1. The van der Waals surface area contributed by atoms with Gasteiger partial charge in [-0.1, -0.05) is 18.0 Å². The molecule has 0 aliphatic heterocycles. The van der Waals surface area contributed by atoms with Crippen molar-refractivity contribution in [1.29, 1.82) is 0 Å². The minimum atomic E-state index is -3.52. The quantitative estimate of drug-likeness (QED) is 0.719. The van der Waals surface area contributed by atoms with Crippen LogP contribution in [0.5, 0.6) is 0 Å². The molecular formula is C16H21N5O4S. The summed E-state index contributed by atoms with van der Waals surface area (Å²) in [4.78, 5) is 15.7. The average molecular weight is 379 g/mol. The summed E-state index contributed by atoms with van der Waals surface area (Å²) in [5.41, 5.74) is 6.85. The number of nitrogens with one attached hydrogen (secondary N) is 2. The Morgan fingerprint density at radius 3 is 2.62 bits per heavy atom. The fourth-order valence-electron chi connectivity index (χ4n) is 3.06. The molecule has 10 heteroatoms. The Bertz CT molecular complexity index is 932. The summed E-state index contributed by atoms with van der Waals surface area (Å²) in [6.45, 7) is 1.38. The second-order valence-electron chi connectivity index (χ2n) is 6.60. The zero-order valence-electron chi connectivity index (χ0n) is 14.6. The van der Waals surface area contributed by atoms with Crippen molar-refractivity contribution < 1.29 is 17.7 Å². The lowest BCUT2D eigenvalue weighted by Gasteiger charge is -2.17. The van der Waals surface area contributed by atoms with E-state index >= 15 is 0 Å². The molecule has 2 aromatic rings. The Balaban J connectivity index is 2.03. The van der Waals surface area contributed by atoms with Crippen molar-refractivity contribution in [2.24, 2.45) is 5.73 Å². The van der Waals surface area contributed by atoms with E-state index in [0.717, 1.165) is 31.9 Å². The molecule has 1 heterocycles. The first kappa shape index (κ1) is 18.3. The molecule has 0 unspecified atom stereocenters. The van der Waals surface area contributed by atoms with E-state index in [1.165, 1.54) is 13.0 Å². The van der Waals surface area contributed by atoms with Gasteiger partial charge in [-0.15, -0.1) is 0 Å². The predicted octanol–water partition coefficient (Wildman–Crippen LogP) is 1.79. The summed E-state index contributed by atoms with van der Waals surface area (Å²) in [6, 6.07) is 4.68. The van der Waals surface area contributed by atoms with Crippen molar-refractivity contribution in [3.8, 4) is 11.5 Å². The monoisotopic (exact) mass is 379 g/mol. The Kier molecular flexibility index (Phi) is 4.72. The molecule has 0 atom stereocenters. The molecule has 9 nitrogen and oxygen atoms in total. The van der Waals surface area contributed by atoms with Gasteiger partial charge in [0.1, 0.15) is 0 Å². The Hall–Kier alpha value is -2.46. The molecule has 1 saturated carbocycles. The highest BCUT2D eigenvalue weighted by atomic mass is 32.2. The van der Waals surface area contributed by atoms with Gasteiger partial charge in [-0.05, 0) is 31.0 Å². The molecule has 0 saturated heterocycles. The number of sulfonamides is 1. The third-order valence-electron chi connectivity index (χ3n) is 4.23. The number of carbonyl (C=O) groups excluding carboxylic acids is 1. The Morgan fingerprint density at radius 1 is 1.31 bits per heavy atom. The highest BCUT2D eigenvalue weighted by Crippen LogP contribution is 2.37. The Labute approximate surface area is 151 Å². The van der Waals surface area contributed by atoms with E-state index in [0.29, 0.717) is 17.1 Å². The first-order valence-electron chi connectivity index (χ1n) is 8.19. The van der Waals surface area contributed by atoms with Gasteiger partial charge in [-0.25, -0.2) is 8.42 Å². The second kappa shape index (κ2) is 6.69. The van der Waals surface area contributed by atoms with E-state index in [1.807, 2.05) is 0 Å². The van der Waals surface area contributed by atoms with Crippen LogP contribution in [0, 0.1) is 0 Å². The van der Waals surface area contributed by atoms with Crippen molar-refractivity contribution in [2.45, 2.75) is 38.1 Å². The number of amides is 1. The molecule has 1 aromatic carbocycles. The first-order valence-corrected chi connectivity index (χ1v) is 10.1. The number of aromatic nitrogens is 2. The molecule has 1 aromatic heterocycles. The largest absolute Gasteiger partial charge is 0.334 e. The third-order valence-corrected chi connectivity index (χ3v) is 4.82. The minimum Gasteiger partial charge on any atom is -0.334 e. The van der Waals surface area contributed by atoms with Gasteiger partial charge in [-0.2, -0.15) is 4.98 Å². The second-order valence-corrected chi connectivity index (χ2v) is 8.35. The van der Waals surface area contributed by atoms with E-state index in [9.17, 15) is 13.2 Å². The van der Waals surface area contributed by atoms with Crippen molar-refractivity contribution in [2.75, 3.05) is 16.3 Å². The highest BCUT2D eigenvalue weighted by molar-refractivity contribution is 7.92. The molecule has 140 valence electrons. The van der Waals surface area contributed by atoms with Crippen molar-refractivity contribution in [3.05, 3.63) is 24.0 Å². The average Bonchev–Trinajstić information content (AvgIpc) is 3.17. The molecule has 0 radical (unpaired) electrons. The van der Waals surface area contributed by atoms with E-state index in [1.54, 1.807) is 12.1 Å². The van der Waals surface area contributed by atoms with Crippen LogP contribution in [0.3, 0.4) is 0 Å². The maximum Gasteiger partial charge on any atom is 0.260 e. The summed E-state index contributed by atoms with van der Waals surface area (Å²) in [5.74, 6) is 0.285. The summed E-state index contributed by atoms with van der Waals surface area (Å²) in [7, 11) is -3.52. The van der Waals surface area contributed by atoms with Crippen LogP contribution < -0.4 is 15.8 Å². The lowest BCUT2D eigenvalue weighted by Crippen LogP contribution is -2.34. The summed E-state index contributed by atoms with van der Waals surface area (Å²) >= 11 is 0. The first-order chi connectivity index (χ1) is 12.2. The molecule has 3 rings (SSSR count). The summed E-state index contributed by atoms with van der Waals surface area (Å²) in [6.07, 6.45) is 4.59. The molecule has 1 aliphatic carbocycles. The molecule has 1 amide bonds. The highest BCUT2D eigenvalue weighted by Gasteiger charge is 2.36. The third kappa shape index (κ3) is 4.02. The van der Waals surface area contributed by atoms with E-state index < -0.39 is 15.6 Å². The molecule has 26 heavy (non-hydrogen) atoms. The van der Waals surface area contributed by atoms with Gasteiger partial charge in [-0.3, -0.25) is 9.52 Å². The molecule has 0 spiro atoms. The van der Waals surface area contributed by atoms with Gasteiger partial charge in [0.25, 0.3) is 5.89 Å². The number of hydrogen-bond acceptors (Lipinski definition) is 7. The van der Waals surface area contributed by atoms with Crippen LogP contribution in [0.25, 0.3) is 11.5 Å². The number of nitrogens with two attached hydrogens (primary N) is 1. The van der Waals surface area contributed by atoms with Crippen LogP contribution in [0.15, 0.2) is 22.7 Å². The van der Waals surface area contributed by atoms with E-state index in [-0.39, 0.29) is 17.5 Å². The van der Waals surface area contributed by atoms with Crippen LogP contribution in [-0.2, 0) is 20.4 Å². The fourth-order valence-corrected chi connectivity index (χ4v) is 3.63. The van der Waals surface area contributed by atoms with Crippen LogP contribution in [0.1, 0.15) is 38.4 Å². The lowest BCUT2D eigenvalue weighted by molar-refractivity contribution is -0.114. The molecule has 1 aliphatic rings. The van der Waals surface area contributed by atoms with Crippen molar-refractivity contribution in [3.63, 3.8) is 0 Å². The maximum atomic E-state index is 11.6. The summed E-state index contributed by atoms with van der Waals surface area (Å²) < 4.78 is 31.1. The number of hydrogen-bond donors (Lipinski definition) is 3. The standard InChI is InChI=1S/C16H21N5O4S/c1-10(22)18-11-5-6-13(21-26(2,23)24)12(9-11)14-19-15(20-25-14)16(17)7-3-4-8-16/h5-6,9,21H,3-4,7-8,17H2,1-2H3,(H,18,22). The topological polar surface area (TPSA) is 140 Å². The SMILES string of the molecule is CC(=O)Nc1ccc(NS(C)(=O)=O)c(-c2nc(C3(N)CCCC3)no2)c1. The predicted molar refractivity (Wildman–Crippen MR) is 96.8 cm³/mol. The number of rotatable bonds is 5. The lowest BCUT2D eigenvalue weighted by atomic mass is 9.98. The van der Waals surface area contributed by atoms with Gasteiger partial charge in [0.05, 0.1) is 23.0 Å². The van der Waals surface area contributed by atoms with Crippen LogP contribution in [-0.4, -0.2) is 30.7 Å². The van der Waals surface area contributed by atoms with E-state index in [4.69, 9.17) is 10.3 Å². The molecule has 1 fully saturated rings. The van der Waals surface area contributed by atoms with Gasteiger partial charge >= 0.3 is 0 Å². The van der Waals surface area contributed by atoms with Gasteiger partial charge < -0.3 is 15.6 Å². The van der Waals surface area contributed by atoms with Gasteiger partial charge in [0.15, 0.2) is 5.82 Å². The molecule has 0 bridgehead atoms. The summed E-state index contributed by atoms with van der Waals surface area (Å²) in [5, 5.41) is 6.64. The van der Waals surface area contributed by atoms with E-state index in [2.05, 4.69) is 20.2 Å². The van der Waals surface area contributed by atoms with Gasteiger partial charge in [0, 0.05) is 12.6 Å². The Morgan fingerprint density at radius 2 is 2.00 bits per heavy atom. The van der Waals surface area contributed by atoms with Crippen LogP contribution >= 0.6 is 0 Å². The normalized spacial score (nSPS) is 16.4. The number of carbonyl (C=O) groups is 1. The minimum absolute atomic E-state index is 0.134. The number of nitrogens with zero attached hydrogens (tertiary/aromatic N) is 2. The zero-order chi connectivity index (χ0) is 18.9. The maximum absolute atomic E-state index is 11.6. The van der Waals surface area contributed by atoms with Crippen LogP contribution in [0.2, 0.25) is 0 Å². The molecular weight excluding hydrogens is 358 g/mol. The molecule has 4 N–H and O–H groups in total. The van der Waals surface area contributed by atoms with Crippen molar-refractivity contribution >= 4 is 27.3 Å². The van der Waals surface area contributed by atoms with Crippen LogP contribution in [0.4, 0.5) is 11.4 Å². The van der Waals surface area contributed by atoms with Crippen molar-refractivity contribution in [1.82, 2.24) is 10.1 Å². The smallest absolute Gasteiger partial charge is 0.260 e. The number of anilines is 2. The zero-order valence-corrected chi connectivity index (χ0v) is 15.4. The fraction of sp³-hybridized carbons (Fsp3) is 0.438.